The molecule has 0 spiro atoms. The van der Waals surface area contributed by atoms with E-state index in [0.717, 1.165) is 16.7 Å². The van der Waals surface area contributed by atoms with Crippen LogP contribution in [-0.4, -0.2) is 35.1 Å². The number of halogens is 1. The van der Waals surface area contributed by atoms with Crippen LogP contribution in [-0.2, 0) is 4.79 Å². The van der Waals surface area contributed by atoms with Crippen LogP contribution in [0.1, 0.15) is 5.56 Å². The predicted molar refractivity (Wildman–Crippen MR) is 81.1 cm³/mol. The molecule has 1 aliphatic heterocycles. The number of hydrogen-bond acceptors (Lipinski definition) is 6. The molecular formula is C12H9BrN2O5S. The molecule has 1 aromatic rings. The number of benzene rings is 1. The Morgan fingerprint density at radius 1 is 1.43 bits per heavy atom. The van der Waals surface area contributed by atoms with Crippen LogP contribution in [0.3, 0.4) is 0 Å². The van der Waals surface area contributed by atoms with Crippen molar-refractivity contribution in [2.75, 3.05) is 14.2 Å². The minimum absolute atomic E-state index is 0.0979. The van der Waals surface area contributed by atoms with Crippen LogP contribution in [0, 0.1) is 10.1 Å². The van der Waals surface area contributed by atoms with Gasteiger partial charge in [-0.15, -0.1) is 0 Å². The fraction of sp³-hybridized carbons (Fsp3) is 0.167. The molecule has 1 aromatic carbocycles. The number of thioether (sulfide) groups is 1. The second-order valence-corrected chi connectivity index (χ2v) is 5.90. The molecule has 0 N–H and O–H groups in total. The quantitative estimate of drug-likeness (QED) is 0.460. The van der Waals surface area contributed by atoms with E-state index in [1.165, 1.54) is 26.3 Å². The Kier molecular flexibility index (Phi) is 4.33. The molecule has 0 unspecified atom stereocenters. The summed E-state index contributed by atoms with van der Waals surface area (Å²) >= 11 is 3.98. The molecule has 0 bridgehead atoms. The molecule has 2 rings (SSSR count). The third kappa shape index (κ3) is 2.93. The van der Waals surface area contributed by atoms with E-state index in [2.05, 4.69) is 15.9 Å². The molecule has 9 heteroatoms. The maximum absolute atomic E-state index is 11.8. The van der Waals surface area contributed by atoms with E-state index in [1.807, 2.05) is 0 Å². The Morgan fingerprint density at radius 3 is 2.57 bits per heavy atom. The number of hydrogen-bond donors (Lipinski definition) is 0. The van der Waals surface area contributed by atoms with E-state index in [4.69, 9.17) is 4.74 Å². The number of methoxy groups -OCH3 is 1. The second kappa shape index (κ2) is 5.86. The van der Waals surface area contributed by atoms with Crippen LogP contribution in [0.15, 0.2) is 21.5 Å². The van der Waals surface area contributed by atoms with Crippen molar-refractivity contribution in [3.05, 3.63) is 37.2 Å². The van der Waals surface area contributed by atoms with Crippen molar-refractivity contribution in [1.82, 2.24) is 4.90 Å². The summed E-state index contributed by atoms with van der Waals surface area (Å²) in [5.74, 6) is -0.333. The number of ether oxygens (including phenoxy) is 1. The number of nitrogens with zero attached hydrogens (tertiary/aromatic N) is 2. The lowest BCUT2D eigenvalue weighted by molar-refractivity contribution is -0.385. The lowest BCUT2D eigenvalue weighted by atomic mass is 10.1. The van der Waals surface area contributed by atoms with Gasteiger partial charge in [-0.05, 0) is 45.4 Å². The van der Waals surface area contributed by atoms with Crippen molar-refractivity contribution < 1.29 is 19.2 Å². The SMILES string of the molecule is COc1c(Br)cc(/C=C2\SC(=O)N(C)C2=O)cc1[N+](=O)[O-]. The zero-order chi connectivity index (χ0) is 15.7. The van der Waals surface area contributed by atoms with Gasteiger partial charge >= 0.3 is 5.69 Å². The van der Waals surface area contributed by atoms with Crippen LogP contribution >= 0.6 is 27.7 Å². The molecule has 0 atom stereocenters. The first-order chi connectivity index (χ1) is 9.85. The maximum atomic E-state index is 11.8. The molecule has 0 aromatic heterocycles. The number of rotatable bonds is 3. The Labute approximate surface area is 132 Å². The fourth-order valence-electron chi connectivity index (χ4n) is 1.72. The first-order valence-corrected chi connectivity index (χ1v) is 7.19. The molecule has 0 saturated carbocycles. The summed E-state index contributed by atoms with van der Waals surface area (Å²) in [4.78, 5) is 34.9. The van der Waals surface area contributed by atoms with Crippen LogP contribution in [0.2, 0.25) is 0 Å². The number of nitro benzene ring substituents is 1. The van der Waals surface area contributed by atoms with E-state index in [-0.39, 0.29) is 21.6 Å². The zero-order valence-corrected chi connectivity index (χ0v) is 13.4. The van der Waals surface area contributed by atoms with Crippen molar-refractivity contribution in [3.8, 4) is 5.75 Å². The Hall–Kier alpha value is -1.87. The van der Waals surface area contributed by atoms with Gasteiger partial charge in [0, 0.05) is 13.1 Å². The summed E-state index contributed by atoms with van der Waals surface area (Å²) in [6, 6.07) is 2.86. The van der Waals surface area contributed by atoms with Gasteiger partial charge < -0.3 is 4.74 Å². The number of carbonyl (C=O) groups excluding carboxylic acids is 2. The van der Waals surface area contributed by atoms with Gasteiger partial charge in [0.1, 0.15) is 0 Å². The molecule has 1 heterocycles. The highest BCUT2D eigenvalue weighted by Crippen LogP contribution is 2.38. The highest BCUT2D eigenvalue weighted by molar-refractivity contribution is 9.10. The van der Waals surface area contributed by atoms with Crippen molar-refractivity contribution in [2.45, 2.75) is 0 Å². The van der Waals surface area contributed by atoms with Gasteiger partial charge in [-0.2, -0.15) is 0 Å². The second-order valence-electron chi connectivity index (χ2n) is 4.05. The fourth-order valence-corrected chi connectivity index (χ4v) is 3.17. The van der Waals surface area contributed by atoms with Crippen molar-refractivity contribution in [2.24, 2.45) is 0 Å². The summed E-state index contributed by atoms with van der Waals surface area (Å²) in [5, 5.41) is 10.7. The molecule has 1 aliphatic rings. The molecule has 1 fully saturated rings. The Balaban J connectivity index is 2.49. The van der Waals surface area contributed by atoms with Gasteiger partial charge in [0.05, 0.1) is 21.4 Å². The number of nitro groups is 1. The monoisotopic (exact) mass is 372 g/mol. The van der Waals surface area contributed by atoms with Gasteiger partial charge in [0.25, 0.3) is 11.1 Å². The highest BCUT2D eigenvalue weighted by atomic mass is 79.9. The predicted octanol–water partition coefficient (Wildman–Crippen LogP) is 3.03. The molecule has 0 radical (unpaired) electrons. The van der Waals surface area contributed by atoms with Gasteiger partial charge in [-0.25, -0.2) is 0 Å². The summed E-state index contributed by atoms with van der Waals surface area (Å²) < 4.78 is 5.36. The number of likely N-dealkylation sites (N-methyl/N-ethyl adjacent to an activating group) is 1. The molecule has 0 aliphatic carbocycles. The van der Waals surface area contributed by atoms with E-state index < -0.39 is 10.8 Å². The first kappa shape index (κ1) is 15.5. The number of carbonyl (C=O) groups is 2. The van der Waals surface area contributed by atoms with Crippen LogP contribution in [0.5, 0.6) is 5.75 Å². The first-order valence-electron chi connectivity index (χ1n) is 5.58. The molecule has 21 heavy (non-hydrogen) atoms. The average Bonchev–Trinajstić information content (AvgIpc) is 2.65. The zero-order valence-electron chi connectivity index (χ0n) is 11.0. The third-order valence-corrected chi connectivity index (χ3v) is 4.28. The number of imide groups is 1. The Bertz CT molecular complexity index is 688. The van der Waals surface area contributed by atoms with Crippen LogP contribution < -0.4 is 4.74 Å². The summed E-state index contributed by atoms with van der Waals surface area (Å²) in [6.45, 7) is 0. The third-order valence-electron chi connectivity index (χ3n) is 2.73. The van der Waals surface area contributed by atoms with E-state index in [0.29, 0.717) is 10.0 Å². The summed E-state index contributed by atoms with van der Waals surface area (Å²) in [6.07, 6.45) is 1.44. The smallest absolute Gasteiger partial charge is 0.312 e. The standard InChI is InChI=1S/C12H9BrN2O5S/c1-14-11(16)9(21-12(14)17)5-6-3-7(13)10(20-2)8(4-6)15(18)19/h3-5H,1-2H3/b9-5-. The topological polar surface area (TPSA) is 89.8 Å². The van der Waals surface area contributed by atoms with E-state index in [9.17, 15) is 19.7 Å². The lowest BCUT2D eigenvalue weighted by Gasteiger charge is -2.06. The van der Waals surface area contributed by atoms with Crippen molar-refractivity contribution in [3.63, 3.8) is 0 Å². The van der Waals surface area contributed by atoms with E-state index >= 15 is 0 Å². The summed E-state index contributed by atoms with van der Waals surface area (Å²) in [5.41, 5.74) is 0.196. The van der Waals surface area contributed by atoms with Gasteiger partial charge in [-0.3, -0.25) is 24.6 Å². The van der Waals surface area contributed by atoms with Crippen molar-refractivity contribution in [1.29, 1.82) is 0 Å². The highest BCUT2D eigenvalue weighted by Gasteiger charge is 2.32. The van der Waals surface area contributed by atoms with Gasteiger partial charge in [0.2, 0.25) is 5.75 Å². The molecule has 110 valence electrons. The largest absolute Gasteiger partial charge is 0.489 e. The average molecular weight is 373 g/mol. The van der Waals surface area contributed by atoms with Gasteiger partial charge in [-0.1, -0.05) is 0 Å². The minimum Gasteiger partial charge on any atom is -0.489 e. The lowest BCUT2D eigenvalue weighted by Crippen LogP contribution is -2.22. The molecule has 1 saturated heterocycles. The number of amides is 2. The Morgan fingerprint density at radius 2 is 2.10 bits per heavy atom. The molecular weight excluding hydrogens is 364 g/mol. The summed E-state index contributed by atoms with van der Waals surface area (Å²) in [7, 11) is 2.71. The molecule has 7 nitrogen and oxygen atoms in total. The maximum Gasteiger partial charge on any atom is 0.312 e. The minimum atomic E-state index is -0.577. The van der Waals surface area contributed by atoms with Crippen molar-refractivity contribution >= 4 is 50.6 Å². The van der Waals surface area contributed by atoms with Gasteiger partial charge in [0.15, 0.2) is 0 Å². The van der Waals surface area contributed by atoms with E-state index in [1.54, 1.807) is 6.07 Å². The normalized spacial score (nSPS) is 16.7. The van der Waals surface area contributed by atoms with Crippen LogP contribution in [0.4, 0.5) is 10.5 Å². The molecule has 2 amide bonds. The van der Waals surface area contributed by atoms with Crippen LogP contribution in [0.25, 0.3) is 6.08 Å².